The number of benzene rings is 1. The Labute approximate surface area is 91.7 Å². The molecular weight excluding hydrogens is 219 g/mol. The highest BCUT2D eigenvalue weighted by Gasteiger charge is 2.06. The number of carboxylic acids is 1. The lowest BCUT2D eigenvalue weighted by molar-refractivity contribution is -0.136. The van der Waals surface area contributed by atoms with E-state index in [1.54, 1.807) is 6.07 Å². The molecule has 0 aromatic heterocycles. The number of rotatable bonds is 2. The van der Waals surface area contributed by atoms with Crippen LogP contribution in [0.4, 0.5) is 4.39 Å². The second-order valence-corrected chi connectivity index (χ2v) is 3.08. The molecule has 0 fully saturated rings. The third-order valence-corrected chi connectivity index (χ3v) is 1.83. The van der Waals surface area contributed by atoms with Crippen LogP contribution in [0.5, 0.6) is 0 Å². The van der Waals surface area contributed by atoms with Gasteiger partial charge in [0.15, 0.2) is 0 Å². The number of hydrogen-bond acceptors (Lipinski definition) is 1. The summed E-state index contributed by atoms with van der Waals surface area (Å²) >= 11 is 5.35. The van der Waals surface area contributed by atoms with Crippen LogP contribution in [-0.4, -0.2) is 17.0 Å². The Morgan fingerprint density at radius 3 is 2.80 bits per heavy atom. The van der Waals surface area contributed by atoms with Gasteiger partial charge in [0.1, 0.15) is 5.82 Å². The Hall–Kier alpha value is -1.53. The van der Waals surface area contributed by atoms with Gasteiger partial charge < -0.3 is 5.11 Å². The number of alkyl halides is 1. The van der Waals surface area contributed by atoms with Gasteiger partial charge in [0, 0.05) is 5.56 Å². The minimum atomic E-state index is -1.06. The van der Waals surface area contributed by atoms with Crippen LogP contribution in [0.1, 0.15) is 11.1 Å². The van der Waals surface area contributed by atoms with Gasteiger partial charge in [0.2, 0.25) is 0 Å². The van der Waals surface area contributed by atoms with E-state index in [0.29, 0.717) is 5.56 Å². The van der Waals surface area contributed by atoms with Crippen molar-refractivity contribution in [2.24, 2.45) is 0 Å². The smallest absolute Gasteiger partial charge is 0.307 e. The van der Waals surface area contributed by atoms with E-state index >= 15 is 0 Å². The fourth-order valence-electron chi connectivity index (χ4n) is 1.07. The van der Waals surface area contributed by atoms with E-state index in [1.165, 1.54) is 12.1 Å². The van der Waals surface area contributed by atoms with Crippen molar-refractivity contribution in [3.05, 3.63) is 35.1 Å². The summed E-state index contributed by atoms with van der Waals surface area (Å²) in [4.78, 5) is 10.4. The van der Waals surface area contributed by atoms with Crippen molar-refractivity contribution in [1.29, 1.82) is 0 Å². The van der Waals surface area contributed by atoms with Gasteiger partial charge in [-0.2, -0.15) is 0 Å². The molecule has 0 aliphatic carbocycles. The summed E-state index contributed by atoms with van der Waals surface area (Å²) in [6, 6.07) is 4.19. The number of carboxylic acid groups (broad SMARTS) is 1. The molecule has 0 atom stereocenters. The van der Waals surface area contributed by atoms with Crippen LogP contribution in [0, 0.1) is 17.7 Å². The van der Waals surface area contributed by atoms with E-state index < -0.39 is 11.8 Å². The first-order valence-corrected chi connectivity index (χ1v) is 4.72. The third kappa shape index (κ3) is 3.61. The van der Waals surface area contributed by atoms with Gasteiger partial charge in [0.25, 0.3) is 0 Å². The Morgan fingerprint density at radius 1 is 1.53 bits per heavy atom. The fourth-order valence-corrected chi connectivity index (χ4v) is 1.13. The standard InChI is InChI=1S/C11H8ClFO2/c12-5-1-2-8-3-4-9(7-11(14)15)10(13)6-8/h3-4,6H,5,7H2,(H,14,15). The highest BCUT2D eigenvalue weighted by Crippen LogP contribution is 2.10. The van der Waals surface area contributed by atoms with Crippen molar-refractivity contribution in [2.75, 3.05) is 5.88 Å². The molecule has 1 N–H and O–H groups in total. The molecule has 0 aliphatic heterocycles. The molecule has 0 unspecified atom stereocenters. The maximum Gasteiger partial charge on any atom is 0.307 e. The molecule has 0 heterocycles. The lowest BCUT2D eigenvalue weighted by Crippen LogP contribution is -2.02. The largest absolute Gasteiger partial charge is 0.481 e. The van der Waals surface area contributed by atoms with Crippen LogP contribution < -0.4 is 0 Å². The van der Waals surface area contributed by atoms with E-state index in [-0.39, 0.29) is 17.9 Å². The number of hydrogen-bond donors (Lipinski definition) is 1. The highest BCUT2D eigenvalue weighted by molar-refractivity contribution is 6.19. The first-order chi connectivity index (χ1) is 7.13. The lowest BCUT2D eigenvalue weighted by Gasteiger charge is -1.99. The van der Waals surface area contributed by atoms with E-state index in [4.69, 9.17) is 16.7 Å². The quantitative estimate of drug-likeness (QED) is 0.619. The first kappa shape index (κ1) is 11.5. The summed E-state index contributed by atoms with van der Waals surface area (Å²) in [5, 5.41) is 8.49. The van der Waals surface area contributed by atoms with Crippen molar-refractivity contribution < 1.29 is 14.3 Å². The molecule has 78 valence electrons. The Balaban J connectivity index is 2.92. The molecule has 0 radical (unpaired) electrons. The predicted molar refractivity (Wildman–Crippen MR) is 55.3 cm³/mol. The molecule has 0 spiro atoms. The van der Waals surface area contributed by atoms with Gasteiger partial charge in [-0.05, 0) is 17.7 Å². The van der Waals surface area contributed by atoms with Gasteiger partial charge in [-0.1, -0.05) is 17.9 Å². The van der Waals surface area contributed by atoms with E-state index in [1.807, 2.05) is 0 Å². The molecule has 2 nitrogen and oxygen atoms in total. The van der Waals surface area contributed by atoms with Crippen LogP contribution in [0.15, 0.2) is 18.2 Å². The summed E-state index contributed by atoms with van der Waals surface area (Å²) in [5.74, 6) is 3.79. The van der Waals surface area contributed by atoms with Crippen molar-refractivity contribution >= 4 is 17.6 Å². The Morgan fingerprint density at radius 2 is 2.27 bits per heavy atom. The van der Waals surface area contributed by atoms with Gasteiger partial charge in [-0.3, -0.25) is 4.79 Å². The zero-order chi connectivity index (χ0) is 11.3. The number of carbonyl (C=O) groups is 1. The lowest BCUT2D eigenvalue weighted by atomic mass is 10.1. The van der Waals surface area contributed by atoms with Crippen molar-refractivity contribution in [3.63, 3.8) is 0 Å². The molecule has 0 bridgehead atoms. The Kier molecular flexibility index (Phi) is 4.14. The molecule has 0 saturated heterocycles. The van der Waals surface area contributed by atoms with Crippen LogP contribution in [0.2, 0.25) is 0 Å². The van der Waals surface area contributed by atoms with Gasteiger partial charge in [0.05, 0.1) is 12.3 Å². The van der Waals surface area contributed by atoms with Gasteiger partial charge >= 0.3 is 5.97 Å². The van der Waals surface area contributed by atoms with Crippen LogP contribution >= 0.6 is 11.6 Å². The minimum Gasteiger partial charge on any atom is -0.481 e. The fraction of sp³-hybridized carbons (Fsp3) is 0.182. The number of aliphatic carboxylic acids is 1. The molecule has 0 amide bonds. The molecule has 0 saturated carbocycles. The summed E-state index contributed by atoms with van der Waals surface area (Å²) in [6.07, 6.45) is -0.324. The monoisotopic (exact) mass is 226 g/mol. The van der Waals surface area contributed by atoms with Gasteiger partial charge in [-0.15, -0.1) is 11.6 Å². The molecule has 15 heavy (non-hydrogen) atoms. The minimum absolute atomic E-state index is 0.152. The topological polar surface area (TPSA) is 37.3 Å². The van der Waals surface area contributed by atoms with Gasteiger partial charge in [-0.25, -0.2) is 4.39 Å². The Bertz CT molecular complexity index is 432. The predicted octanol–water partition coefficient (Wildman–Crippen LogP) is 2.04. The molecule has 4 heteroatoms. The van der Waals surface area contributed by atoms with E-state index in [9.17, 15) is 9.18 Å². The molecule has 1 aromatic rings. The third-order valence-electron chi connectivity index (χ3n) is 1.69. The average molecular weight is 227 g/mol. The first-order valence-electron chi connectivity index (χ1n) is 4.18. The molecule has 0 aliphatic rings. The molecular formula is C11H8ClFO2. The zero-order valence-corrected chi connectivity index (χ0v) is 8.51. The van der Waals surface area contributed by atoms with E-state index in [2.05, 4.69) is 11.8 Å². The van der Waals surface area contributed by atoms with Crippen LogP contribution in [0.25, 0.3) is 0 Å². The maximum atomic E-state index is 13.3. The van der Waals surface area contributed by atoms with Crippen LogP contribution in [0.3, 0.4) is 0 Å². The second kappa shape index (κ2) is 5.38. The molecule has 1 aromatic carbocycles. The van der Waals surface area contributed by atoms with Crippen molar-refractivity contribution in [3.8, 4) is 11.8 Å². The second-order valence-electron chi connectivity index (χ2n) is 2.81. The summed E-state index contributed by atoms with van der Waals surface area (Å²) in [7, 11) is 0. The maximum absolute atomic E-state index is 13.3. The zero-order valence-electron chi connectivity index (χ0n) is 7.76. The SMILES string of the molecule is O=C(O)Cc1ccc(C#CCCl)cc1F. The van der Waals surface area contributed by atoms with Crippen molar-refractivity contribution in [1.82, 2.24) is 0 Å². The number of halogens is 2. The van der Waals surface area contributed by atoms with Crippen LogP contribution in [-0.2, 0) is 11.2 Å². The summed E-state index contributed by atoms with van der Waals surface area (Å²) in [6.45, 7) is 0. The van der Waals surface area contributed by atoms with E-state index in [0.717, 1.165) is 0 Å². The normalized spacial score (nSPS) is 9.20. The van der Waals surface area contributed by atoms with Crippen molar-refractivity contribution in [2.45, 2.75) is 6.42 Å². The summed E-state index contributed by atoms with van der Waals surface area (Å²) < 4.78 is 13.3. The summed E-state index contributed by atoms with van der Waals surface area (Å²) in [5.41, 5.74) is 0.640. The highest BCUT2D eigenvalue weighted by atomic mass is 35.5. The molecule has 1 rings (SSSR count). The average Bonchev–Trinajstić information content (AvgIpc) is 2.18.